The molecule has 0 spiro atoms. The van der Waals surface area contributed by atoms with Gasteiger partial charge in [-0.15, -0.1) is 0 Å². The number of aryl methyl sites for hydroxylation is 1. The summed E-state index contributed by atoms with van der Waals surface area (Å²) < 4.78 is 134. The summed E-state index contributed by atoms with van der Waals surface area (Å²) in [6, 6.07) is 5.65. The van der Waals surface area contributed by atoms with Crippen LogP contribution in [-0.4, -0.2) is 60.3 Å². The monoisotopic (exact) mass is 512 g/mol. The van der Waals surface area contributed by atoms with Gasteiger partial charge >= 0.3 is 0 Å². The minimum absolute atomic E-state index is 0.0528. The van der Waals surface area contributed by atoms with Crippen molar-refractivity contribution in [2.75, 3.05) is 35.8 Å². The third-order valence-electron chi connectivity index (χ3n) is 5.65. The minimum Gasteiger partial charge on any atom is -0.351 e. The molecule has 188 valence electrons. The van der Waals surface area contributed by atoms with Crippen molar-refractivity contribution in [3.05, 3.63) is 84.6 Å². The molecular weight excluding hydrogens is 471 g/mol. The Labute approximate surface area is 232 Å². The molecule has 1 aromatic carbocycles. The Morgan fingerprint density at radius 3 is 2.38 bits per heavy atom. The largest absolute Gasteiger partial charge is 0.351 e. The van der Waals surface area contributed by atoms with E-state index >= 15 is 0 Å². The van der Waals surface area contributed by atoms with Gasteiger partial charge in [0.05, 0.1) is 22.7 Å². The van der Waals surface area contributed by atoms with E-state index in [1.807, 2.05) is 0 Å². The Kier molecular flexibility index (Phi) is 2.95. The fourth-order valence-electron chi connectivity index (χ4n) is 3.70. The van der Waals surface area contributed by atoms with Gasteiger partial charge in [0.25, 0.3) is 0 Å². The van der Waals surface area contributed by atoms with Gasteiger partial charge in [0, 0.05) is 82.7 Å². The molecule has 11 heteroatoms. The fraction of sp³-hybridized carbons (Fsp3) is 0.269. The van der Waals surface area contributed by atoms with E-state index in [0.717, 1.165) is 52.2 Å². The standard InChI is InChI=1S/C26H27FN10/c1-26(28,20-3-5-22(27)6-4-20)21-13-29-25(30-14-21)36-9-7-35(8-10-36)24-23-11-18(16-37(23)33-17-31-24)19-12-32-34(2)15-19/h3-6,11-17H,7-10,28H2,1-2H3/t26-/m0/s1/i1D3,2D3,7D2,8D2,9D2,10D2. The van der Waals surface area contributed by atoms with Gasteiger partial charge in [0.2, 0.25) is 5.95 Å². The first-order valence-electron chi connectivity index (χ1n) is 17.7. The van der Waals surface area contributed by atoms with Crippen LogP contribution >= 0.6 is 0 Å². The molecule has 1 aliphatic heterocycles. The second-order valence-corrected chi connectivity index (χ2v) is 8.02. The fourth-order valence-corrected chi connectivity index (χ4v) is 3.70. The molecular formula is C26H27FN10. The molecule has 6 rings (SSSR count). The van der Waals surface area contributed by atoms with Gasteiger partial charge in [0.15, 0.2) is 5.82 Å². The second-order valence-electron chi connectivity index (χ2n) is 8.02. The molecule has 0 aliphatic carbocycles. The van der Waals surface area contributed by atoms with Gasteiger partial charge < -0.3 is 15.5 Å². The Balaban J connectivity index is 1.44. The van der Waals surface area contributed by atoms with E-state index in [1.165, 1.54) is 24.7 Å². The lowest BCUT2D eigenvalue weighted by Crippen LogP contribution is -2.47. The number of hydrogen-bond donors (Lipinski definition) is 1. The van der Waals surface area contributed by atoms with E-state index in [1.54, 1.807) is 0 Å². The van der Waals surface area contributed by atoms with Crippen LogP contribution in [0.3, 0.4) is 0 Å². The van der Waals surface area contributed by atoms with E-state index in [4.69, 9.17) is 24.9 Å². The van der Waals surface area contributed by atoms with Crippen LogP contribution in [0.1, 0.15) is 37.2 Å². The first-order chi connectivity index (χ1) is 23.4. The van der Waals surface area contributed by atoms with Gasteiger partial charge in [0.1, 0.15) is 17.7 Å². The van der Waals surface area contributed by atoms with Crippen LogP contribution in [0, 0.1) is 5.82 Å². The molecule has 1 saturated heterocycles. The molecule has 37 heavy (non-hydrogen) atoms. The number of piperazine rings is 1. The lowest BCUT2D eigenvalue weighted by atomic mass is 9.87. The molecule has 0 unspecified atom stereocenters. The molecule has 10 nitrogen and oxygen atoms in total. The van der Waals surface area contributed by atoms with Crippen molar-refractivity contribution in [3.8, 4) is 11.1 Å². The Bertz CT molecular complexity index is 2070. The summed E-state index contributed by atoms with van der Waals surface area (Å²) in [4.78, 5) is 12.2. The lowest BCUT2D eigenvalue weighted by Gasteiger charge is -2.35. The van der Waals surface area contributed by atoms with E-state index in [2.05, 4.69) is 25.1 Å². The first-order valence-corrected chi connectivity index (χ1v) is 10.7. The van der Waals surface area contributed by atoms with E-state index < -0.39 is 62.9 Å². The van der Waals surface area contributed by atoms with Crippen molar-refractivity contribution in [1.29, 1.82) is 0 Å². The SMILES string of the molecule is [2H]C([2H])([2H])n1cc(-c2cc3c(N4C([2H])([2H])C([2H])([2H])N(c5ncc([C@@](N)(c6ccc(F)cc6)C([2H])([2H])[2H])cn5)C([2H])([2H])C4([2H])[2H])ncnn3c2)cn1. The average molecular weight is 513 g/mol. The summed E-state index contributed by atoms with van der Waals surface area (Å²) >= 11 is 0. The molecule has 5 heterocycles. The number of benzene rings is 1. The highest BCUT2D eigenvalue weighted by molar-refractivity contribution is 5.77. The molecule has 0 saturated carbocycles. The summed E-state index contributed by atoms with van der Waals surface area (Å²) in [5.41, 5.74) is 4.25. The topological polar surface area (TPSA) is 106 Å². The van der Waals surface area contributed by atoms with Crippen LogP contribution in [0.5, 0.6) is 0 Å². The zero-order chi connectivity index (χ0) is 37.7. The van der Waals surface area contributed by atoms with Crippen LogP contribution in [-0.2, 0) is 12.5 Å². The van der Waals surface area contributed by atoms with Crippen LogP contribution in [0.25, 0.3) is 16.6 Å². The summed E-state index contributed by atoms with van der Waals surface area (Å²) in [5, 5.41) is 7.88. The second kappa shape index (κ2) is 8.93. The van der Waals surface area contributed by atoms with Crippen LogP contribution in [0.4, 0.5) is 16.2 Å². The average Bonchev–Trinajstić information content (AvgIpc) is 3.68. The lowest BCUT2D eigenvalue weighted by molar-refractivity contribution is 0.585. The first kappa shape index (κ1) is 12.2. The van der Waals surface area contributed by atoms with Gasteiger partial charge in [-0.1, -0.05) is 12.1 Å². The maximum absolute atomic E-state index is 13.6. The molecule has 0 bridgehead atoms. The number of nitrogens with zero attached hydrogens (tertiary/aromatic N) is 9. The predicted molar refractivity (Wildman–Crippen MR) is 139 cm³/mol. The quantitative estimate of drug-likeness (QED) is 0.383. The summed E-state index contributed by atoms with van der Waals surface area (Å²) in [6.07, 6.45) is 6.53. The van der Waals surface area contributed by atoms with E-state index in [9.17, 15) is 4.39 Å². The number of hydrogen-bond acceptors (Lipinski definition) is 8. The summed E-state index contributed by atoms with van der Waals surface area (Å²) in [5.74, 6) is -2.06. The van der Waals surface area contributed by atoms with Crippen LogP contribution in [0.2, 0.25) is 0 Å². The van der Waals surface area contributed by atoms with Crippen molar-refractivity contribution < 1.29 is 23.6 Å². The highest BCUT2D eigenvalue weighted by Crippen LogP contribution is 2.29. The molecule has 1 atom stereocenters. The van der Waals surface area contributed by atoms with Crippen molar-refractivity contribution in [3.63, 3.8) is 0 Å². The third kappa shape index (κ3) is 4.27. The van der Waals surface area contributed by atoms with E-state index in [0.29, 0.717) is 11.1 Å². The molecule has 5 aromatic rings. The van der Waals surface area contributed by atoms with Gasteiger partial charge in [-0.3, -0.25) is 4.68 Å². The number of halogens is 1. The van der Waals surface area contributed by atoms with E-state index in [-0.39, 0.29) is 26.4 Å². The van der Waals surface area contributed by atoms with Crippen LogP contribution < -0.4 is 15.5 Å². The van der Waals surface area contributed by atoms with Gasteiger partial charge in [-0.25, -0.2) is 23.9 Å². The van der Waals surface area contributed by atoms with Gasteiger partial charge in [-0.2, -0.15) is 10.2 Å². The molecule has 0 amide bonds. The van der Waals surface area contributed by atoms with Gasteiger partial charge in [-0.05, 0) is 30.6 Å². The van der Waals surface area contributed by atoms with Crippen molar-refractivity contribution in [1.82, 2.24) is 34.3 Å². The van der Waals surface area contributed by atoms with Crippen molar-refractivity contribution in [2.24, 2.45) is 12.7 Å². The maximum Gasteiger partial charge on any atom is 0.225 e. The minimum atomic E-state index is -3.47. The highest BCUT2D eigenvalue weighted by Gasteiger charge is 2.26. The Hall–Kier alpha value is -4.38. The highest BCUT2D eigenvalue weighted by atomic mass is 19.1. The predicted octanol–water partition coefficient (Wildman–Crippen LogP) is 2.61. The summed E-state index contributed by atoms with van der Waals surface area (Å²) in [6.45, 7) is -19.4. The number of rotatable bonds is 5. The number of aromatic nitrogens is 7. The molecule has 2 N–H and O–H groups in total. The smallest absolute Gasteiger partial charge is 0.225 e. The maximum atomic E-state index is 13.6. The zero-order valence-corrected chi connectivity index (χ0v) is 18.8. The Morgan fingerprint density at radius 2 is 1.68 bits per heavy atom. The number of nitrogens with two attached hydrogens (primary N) is 1. The molecule has 1 fully saturated rings. The number of fused-ring (bicyclic) bond motifs is 1. The molecule has 4 aromatic heterocycles. The van der Waals surface area contributed by atoms with Crippen LogP contribution in [0.15, 0.2) is 67.6 Å². The zero-order valence-electron chi connectivity index (χ0n) is 32.8. The Morgan fingerprint density at radius 1 is 0.919 bits per heavy atom. The molecule has 1 aliphatic rings. The molecule has 0 radical (unpaired) electrons. The summed E-state index contributed by atoms with van der Waals surface area (Å²) in [7, 11) is 0. The van der Waals surface area contributed by atoms with Crippen molar-refractivity contribution >= 4 is 17.3 Å². The normalized spacial score (nSPS) is 27.5. The third-order valence-corrected chi connectivity index (χ3v) is 5.65. The van der Waals surface area contributed by atoms with Crippen molar-refractivity contribution in [2.45, 2.75) is 12.4 Å². The number of anilines is 2.